The second kappa shape index (κ2) is 2.11. The first kappa shape index (κ1) is 5.96. The first-order valence-electron chi connectivity index (χ1n) is 3.84. The molecule has 0 saturated carbocycles. The standard InChI is InChI=1S/C8H11NO/c10-6-8-3-1-2-7-4-5-9(7)8/h3,6-7H,1-2,4-5H2. The Morgan fingerprint density at radius 3 is 3.00 bits per heavy atom. The van der Waals surface area contributed by atoms with Crippen molar-refractivity contribution in [1.29, 1.82) is 0 Å². The van der Waals surface area contributed by atoms with Crippen LogP contribution in [0.25, 0.3) is 0 Å². The minimum atomic E-state index is 0.699. The molecule has 1 fully saturated rings. The number of carbonyl (C=O) groups excluding carboxylic acids is 1. The van der Waals surface area contributed by atoms with Gasteiger partial charge in [0.05, 0.1) is 5.70 Å². The molecule has 0 N–H and O–H groups in total. The molecule has 54 valence electrons. The fourth-order valence-electron chi connectivity index (χ4n) is 1.74. The summed E-state index contributed by atoms with van der Waals surface area (Å²) in [5, 5.41) is 0. The first-order valence-corrected chi connectivity index (χ1v) is 3.84. The van der Waals surface area contributed by atoms with Gasteiger partial charge in [-0.05, 0) is 19.3 Å². The summed E-state index contributed by atoms with van der Waals surface area (Å²) in [5.74, 6) is 0. The van der Waals surface area contributed by atoms with Gasteiger partial charge in [-0.1, -0.05) is 6.08 Å². The van der Waals surface area contributed by atoms with Crippen LogP contribution in [0.5, 0.6) is 0 Å². The van der Waals surface area contributed by atoms with Crippen LogP contribution < -0.4 is 0 Å². The van der Waals surface area contributed by atoms with Crippen LogP contribution in [-0.4, -0.2) is 23.8 Å². The highest BCUT2D eigenvalue weighted by Crippen LogP contribution is 2.29. The van der Waals surface area contributed by atoms with Crippen molar-refractivity contribution in [1.82, 2.24) is 4.90 Å². The molecule has 2 heteroatoms. The summed E-state index contributed by atoms with van der Waals surface area (Å²) in [4.78, 5) is 12.6. The first-order chi connectivity index (χ1) is 4.92. The number of fused-ring (bicyclic) bond motifs is 1. The van der Waals surface area contributed by atoms with Crippen LogP contribution in [0.1, 0.15) is 19.3 Å². The van der Waals surface area contributed by atoms with Gasteiger partial charge in [-0.15, -0.1) is 0 Å². The number of aldehydes is 1. The van der Waals surface area contributed by atoms with Crippen LogP contribution in [0, 0.1) is 0 Å². The third-order valence-corrected chi connectivity index (χ3v) is 2.45. The topological polar surface area (TPSA) is 20.3 Å². The summed E-state index contributed by atoms with van der Waals surface area (Å²) >= 11 is 0. The Hall–Kier alpha value is -0.790. The summed E-state index contributed by atoms with van der Waals surface area (Å²) in [6.07, 6.45) is 6.64. The van der Waals surface area contributed by atoms with Crippen molar-refractivity contribution in [3.63, 3.8) is 0 Å². The van der Waals surface area contributed by atoms with Crippen molar-refractivity contribution in [2.24, 2.45) is 0 Å². The Balaban J connectivity index is 2.16. The van der Waals surface area contributed by atoms with E-state index in [1.807, 2.05) is 6.08 Å². The minimum Gasteiger partial charge on any atom is -0.366 e. The highest BCUT2D eigenvalue weighted by atomic mass is 16.1. The van der Waals surface area contributed by atoms with E-state index in [4.69, 9.17) is 0 Å². The number of allylic oxidation sites excluding steroid dienone is 2. The Morgan fingerprint density at radius 1 is 1.60 bits per heavy atom. The monoisotopic (exact) mass is 137 g/mol. The molecule has 0 spiro atoms. The largest absolute Gasteiger partial charge is 0.366 e. The average Bonchev–Trinajstić information content (AvgIpc) is 1.91. The Labute approximate surface area is 60.5 Å². The van der Waals surface area contributed by atoms with Crippen molar-refractivity contribution in [2.45, 2.75) is 25.3 Å². The van der Waals surface area contributed by atoms with E-state index in [9.17, 15) is 4.79 Å². The van der Waals surface area contributed by atoms with Gasteiger partial charge in [0.15, 0.2) is 6.29 Å². The zero-order chi connectivity index (χ0) is 6.97. The fourth-order valence-corrected chi connectivity index (χ4v) is 1.74. The van der Waals surface area contributed by atoms with Crippen molar-refractivity contribution in [3.8, 4) is 0 Å². The van der Waals surface area contributed by atoms with Crippen LogP contribution in [0.15, 0.2) is 11.8 Å². The smallest absolute Gasteiger partial charge is 0.165 e. The van der Waals surface area contributed by atoms with E-state index in [-0.39, 0.29) is 0 Å². The van der Waals surface area contributed by atoms with E-state index in [2.05, 4.69) is 4.90 Å². The molecule has 0 aromatic carbocycles. The highest BCUT2D eigenvalue weighted by molar-refractivity contribution is 5.73. The number of hydrogen-bond donors (Lipinski definition) is 0. The van der Waals surface area contributed by atoms with Crippen molar-refractivity contribution < 1.29 is 4.79 Å². The van der Waals surface area contributed by atoms with Gasteiger partial charge in [-0.2, -0.15) is 0 Å². The van der Waals surface area contributed by atoms with Crippen molar-refractivity contribution in [3.05, 3.63) is 11.8 Å². The van der Waals surface area contributed by atoms with E-state index in [0.29, 0.717) is 6.04 Å². The molecule has 2 aliphatic heterocycles. The molecular weight excluding hydrogens is 126 g/mol. The summed E-state index contributed by atoms with van der Waals surface area (Å²) in [6.45, 7) is 1.09. The second-order valence-electron chi connectivity index (χ2n) is 2.96. The number of carbonyl (C=O) groups is 1. The molecule has 0 amide bonds. The molecular formula is C8H11NO. The maximum absolute atomic E-state index is 10.4. The SMILES string of the molecule is O=CC1=CCCC2CCN12. The van der Waals surface area contributed by atoms with Gasteiger partial charge >= 0.3 is 0 Å². The van der Waals surface area contributed by atoms with E-state index >= 15 is 0 Å². The van der Waals surface area contributed by atoms with Crippen molar-refractivity contribution >= 4 is 6.29 Å². The predicted molar refractivity (Wildman–Crippen MR) is 38.5 cm³/mol. The van der Waals surface area contributed by atoms with Crippen LogP contribution in [0.4, 0.5) is 0 Å². The molecule has 2 rings (SSSR count). The van der Waals surface area contributed by atoms with Gasteiger partial charge in [0.2, 0.25) is 0 Å². The Morgan fingerprint density at radius 2 is 2.50 bits per heavy atom. The fraction of sp³-hybridized carbons (Fsp3) is 0.625. The molecule has 0 aromatic heterocycles. The zero-order valence-corrected chi connectivity index (χ0v) is 5.92. The molecule has 0 bridgehead atoms. The predicted octanol–water partition coefficient (Wildman–Crippen LogP) is 0.937. The minimum absolute atomic E-state index is 0.699. The normalized spacial score (nSPS) is 30.2. The van der Waals surface area contributed by atoms with Crippen LogP contribution in [0.2, 0.25) is 0 Å². The molecule has 1 saturated heterocycles. The maximum atomic E-state index is 10.4. The zero-order valence-electron chi connectivity index (χ0n) is 5.92. The lowest BCUT2D eigenvalue weighted by Gasteiger charge is -2.45. The van der Waals surface area contributed by atoms with Gasteiger partial charge in [-0.3, -0.25) is 4.79 Å². The quantitative estimate of drug-likeness (QED) is 0.501. The van der Waals surface area contributed by atoms with Gasteiger partial charge < -0.3 is 4.90 Å². The molecule has 0 aliphatic carbocycles. The van der Waals surface area contributed by atoms with E-state index in [1.165, 1.54) is 12.8 Å². The van der Waals surface area contributed by atoms with Crippen LogP contribution in [0.3, 0.4) is 0 Å². The summed E-state index contributed by atoms with van der Waals surface area (Å²) < 4.78 is 0. The van der Waals surface area contributed by atoms with Gasteiger partial charge in [-0.25, -0.2) is 0 Å². The lowest BCUT2D eigenvalue weighted by molar-refractivity contribution is -0.107. The van der Waals surface area contributed by atoms with Crippen LogP contribution >= 0.6 is 0 Å². The van der Waals surface area contributed by atoms with E-state index in [1.54, 1.807) is 0 Å². The Kier molecular flexibility index (Phi) is 1.26. The molecule has 2 aliphatic rings. The molecule has 2 heterocycles. The number of nitrogens with zero attached hydrogens (tertiary/aromatic N) is 1. The average molecular weight is 137 g/mol. The van der Waals surface area contributed by atoms with Crippen molar-refractivity contribution in [2.75, 3.05) is 6.54 Å². The maximum Gasteiger partial charge on any atom is 0.165 e. The molecule has 2 nitrogen and oxygen atoms in total. The summed E-state index contributed by atoms with van der Waals surface area (Å²) in [7, 11) is 0. The van der Waals surface area contributed by atoms with Gasteiger partial charge in [0.1, 0.15) is 0 Å². The highest BCUT2D eigenvalue weighted by Gasteiger charge is 2.30. The lowest BCUT2D eigenvalue weighted by atomic mass is 9.93. The molecule has 0 radical (unpaired) electrons. The van der Waals surface area contributed by atoms with Crippen LogP contribution in [-0.2, 0) is 4.79 Å². The number of rotatable bonds is 1. The molecule has 0 aromatic rings. The summed E-state index contributed by atoms with van der Waals surface area (Å²) in [5.41, 5.74) is 0.919. The molecule has 1 unspecified atom stereocenters. The second-order valence-corrected chi connectivity index (χ2v) is 2.96. The Bertz CT molecular complexity index is 186. The molecule has 1 atom stereocenters. The lowest BCUT2D eigenvalue weighted by Crippen LogP contribution is -2.48. The van der Waals surface area contributed by atoms with Gasteiger partial charge in [0.25, 0.3) is 0 Å². The van der Waals surface area contributed by atoms with E-state index in [0.717, 1.165) is 24.9 Å². The number of hydrogen-bond acceptors (Lipinski definition) is 2. The summed E-state index contributed by atoms with van der Waals surface area (Å²) in [6, 6.07) is 0.699. The third kappa shape index (κ3) is 0.681. The van der Waals surface area contributed by atoms with E-state index < -0.39 is 0 Å². The molecule has 10 heavy (non-hydrogen) atoms. The third-order valence-electron chi connectivity index (χ3n) is 2.45. The van der Waals surface area contributed by atoms with Gasteiger partial charge in [0, 0.05) is 12.6 Å².